The molecule has 5 nitrogen and oxygen atoms in total. The summed E-state index contributed by atoms with van der Waals surface area (Å²) in [5.41, 5.74) is 0.897. The SMILES string of the molecule is CCCCS(=O)(=O)N1C[C@H]2CC[C@H]1[C@H]2OCc1ccccn1. The number of piperidine rings is 1. The van der Waals surface area contributed by atoms with E-state index in [1.54, 1.807) is 10.5 Å². The summed E-state index contributed by atoms with van der Waals surface area (Å²) in [6.07, 6.45) is 5.40. The number of fused-ring (bicyclic) bond motifs is 2. The number of aromatic nitrogens is 1. The molecule has 0 N–H and O–H groups in total. The maximum Gasteiger partial charge on any atom is 0.214 e. The Morgan fingerprint density at radius 1 is 1.36 bits per heavy atom. The van der Waals surface area contributed by atoms with Gasteiger partial charge in [-0.2, -0.15) is 4.31 Å². The van der Waals surface area contributed by atoms with Crippen LogP contribution < -0.4 is 0 Å². The summed E-state index contributed by atoms with van der Waals surface area (Å²) < 4.78 is 32.7. The molecule has 0 radical (unpaired) electrons. The van der Waals surface area contributed by atoms with Gasteiger partial charge in [-0.1, -0.05) is 19.4 Å². The number of sulfonamides is 1. The molecule has 2 bridgehead atoms. The maximum atomic E-state index is 12.5. The van der Waals surface area contributed by atoms with Gasteiger partial charge in [0.1, 0.15) is 0 Å². The summed E-state index contributed by atoms with van der Waals surface area (Å²) in [5.74, 6) is 0.602. The van der Waals surface area contributed by atoms with E-state index in [4.69, 9.17) is 4.74 Å². The molecule has 0 spiro atoms. The highest BCUT2D eigenvalue weighted by atomic mass is 32.2. The van der Waals surface area contributed by atoms with Crippen molar-refractivity contribution in [2.24, 2.45) is 5.92 Å². The number of hydrogen-bond donors (Lipinski definition) is 0. The number of ether oxygens (including phenoxy) is 1. The normalized spacial score (nSPS) is 28.3. The van der Waals surface area contributed by atoms with Crippen LogP contribution in [0.15, 0.2) is 24.4 Å². The molecule has 122 valence electrons. The minimum Gasteiger partial charge on any atom is -0.370 e. The summed E-state index contributed by atoms with van der Waals surface area (Å²) in [5, 5.41) is 0. The molecule has 1 aromatic rings. The highest BCUT2D eigenvalue weighted by Crippen LogP contribution is 2.41. The molecule has 2 aliphatic rings. The third-order valence-electron chi connectivity index (χ3n) is 4.72. The Morgan fingerprint density at radius 3 is 2.95 bits per heavy atom. The predicted molar refractivity (Wildman–Crippen MR) is 84.7 cm³/mol. The second-order valence-corrected chi connectivity index (χ2v) is 8.28. The first-order valence-corrected chi connectivity index (χ1v) is 9.74. The van der Waals surface area contributed by atoms with Gasteiger partial charge in [0, 0.05) is 18.7 Å². The molecule has 22 heavy (non-hydrogen) atoms. The van der Waals surface area contributed by atoms with Gasteiger partial charge >= 0.3 is 0 Å². The minimum absolute atomic E-state index is 0.0237. The van der Waals surface area contributed by atoms with Gasteiger partial charge in [-0.15, -0.1) is 0 Å². The monoisotopic (exact) mass is 324 g/mol. The molecule has 1 saturated carbocycles. The van der Waals surface area contributed by atoms with E-state index in [0.29, 0.717) is 19.1 Å². The van der Waals surface area contributed by atoms with E-state index in [0.717, 1.165) is 31.4 Å². The van der Waals surface area contributed by atoms with Crippen molar-refractivity contribution in [3.8, 4) is 0 Å². The molecule has 0 amide bonds. The van der Waals surface area contributed by atoms with Crippen molar-refractivity contribution < 1.29 is 13.2 Å². The van der Waals surface area contributed by atoms with E-state index in [2.05, 4.69) is 4.98 Å². The van der Waals surface area contributed by atoms with E-state index in [1.807, 2.05) is 25.1 Å². The highest BCUT2D eigenvalue weighted by Gasteiger charge is 2.51. The lowest BCUT2D eigenvalue weighted by Gasteiger charge is -2.26. The highest BCUT2D eigenvalue weighted by molar-refractivity contribution is 7.89. The van der Waals surface area contributed by atoms with Crippen molar-refractivity contribution in [3.63, 3.8) is 0 Å². The first-order valence-electron chi connectivity index (χ1n) is 8.13. The van der Waals surface area contributed by atoms with E-state index in [-0.39, 0.29) is 17.9 Å². The molecule has 1 aromatic heterocycles. The lowest BCUT2D eigenvalue weighted by Crippen LogP contribution is -2.41. The fraction of sp³-hybridized carbons (Fsp3) is 0.688. The smallest absolute Gasteiger partial charge is 0.214 e. The topological polar surface area (TPSA) is 59.5 Å². The zero-order chi connectivity index (χ0) is 15.6. The number of unbranched alkanes of at least 4 members (excludes halogenated alkanes) is 1. The molecule has 0 unspecified atom stereocenters. The second-order valence-electron chi connectivity index (χ2n) is 6.24. The summed E-state index contributed by atoms with van der Waals surface area (Å²) in [6, 6.07) is 5.78. The fourth-order valence-corrected chi connectivity index (χ4v) is 5.52. The zero-order valence-corrected chi connectivity index (χ0v) is 13.8. The van der Waals surface area contributed by atoms with Gasteiger partial charge in [-0.25, -0.2) is 8.42 Å². The third-order valence-corrected chi connectivity index (χ3v) is 6.66. The molecule has 0 aromatic carbocycles. The van der Waals surface area contributed by atoms with Crippen LogP contribution in [0.1, 0.15) is 38.3 Å². The van der Waals surface area contributed by atoms with Crippen LogP contribution in [-0.4, -0.2) is 42.2 Å². The van der Waals surface area contributed by atoms with Crippen molar-refractivity contribution in [1.29, 1.82) is 0 Å². The van der Waals surface area contributed by atoms with Gasteiger partial charge in [0.2, 0.25) is 10.0 Å². The molecule has 3 atom stereocenters. The standard InChI is InChI=1S/C16H24N2O3S/c1-2-3-10-22(19,20)18-11-13-7-8-15(18)16(13)21-12-14-6-4-5-9-17-14/h4-6,9,13,15-16H,2-3,7-8,10-12H2,1H3/t13-,15+,16+/m1/s1. The van der Waals surface area contributed by atoms with Crippen LogP contribution in [-0.2, 0) is 21.4 Å². The van der Waals surface area contributed by atoms with Crippen molar-refractivity contribution in [2.75, 3.05) is 12.3 Å². The van der Waals surface area contributed by atoms with Gasteiger partial charge in [0.05, 0.1) is 30.2 Å². The Balaban J connectivity index is 1.63. The molecular weight excluding hydrogens is 300 g/mol. The number of nitrogens with zero attached hydrogens (tertiary/aromatic N) is 2. The number of pyridine rings is 1. The molecule has 1 saturated heterocycles. The van der Waals surface area contributed by atoms with E-state index >= 15 is 0 Å². The Labute approximate surface area is 132 Å². The van der Waals surface area contributed by atoms with E-state index in [1.165, 1.54) is 0 Å². The first-order chi connectivity index (χ1) is 10.6. The summed E-state index contributed by atoms with van der Waals surface area (Å²) in [6.45, 7) is 3.11. The van der Waals surface area contributed by atoms with Gasteiger partial charge in [0.25, 0.3) is 0 Å². The van der Waals surface area contributed by atoms with Crippen LogP contribution in [0.3, 0.4) is 0 Å². The Hall–Kier alpha value is -0.980. The lowest BCUT2D eigenvalue weighted by atomic mass is 10.1. The summed E-state index contributed by atoms with van der Waals surface area (Å²) in [7, 11) is -3.13. The third kappa shape index (κ3) is 3.19. The van der Waals surface area contributed by atoms with Crippen molar-refractivity contribution in [1.82, 2.24) is 9.29 Å². The molecule has 1 aliphatic carbocycles. The van der Waals surface area contributed by atoms with Crippen LogP contribution in [0.25, 0.3) is 0 Å². The van der Waals surface area contributed by atoms with Crippen LogP contribution in [0.5, 0.6) is 0 Å². The van der Waals surface area contributed by atoms with Gasteiger partial charge < -0.3 is 4.74 Å². The lowest BCUT2D eigenvalue weighted by molar-refractivity contribution is 0.0200. The maximum absolute atomic E-state index is 12.5. The number of hydrogen-bond acceptors (Lipinski definition) is 4. The van der Waals surface area contributed by atoms with Gasteiger partial charge in [-0.3, -0.25) is 4.98 Å². The molecule has 3 rings (SSSR count). The zero-order valence-electron chi connectivity index (χ0n) is 13.0. The van der Waals surface area contributed by atoms with Crippen molar-refractivity contribution in [2.45, 2.75) is 51.4 Å². The second kappa shape index (κ2) is 6.64. The fourth-order valence-electron chi connectivity index (χ4n) is 3.57. The minimum atomic E-state index is -3.13. The van der Waals surface area contributed by atoms with Crippen molar-refractivity contribution >= 4 is 10.0 Å². The predicted octanol–water partition coefficient (Wildman–Crippen LogP) is 2.19. The average molecular weight is 324 g/mol. The largest absolute Gasteiger partial charge is 0.370 e. The molecule has 1 aliphatic heterocycles. The van der Waals surface area contributed by atoms with Crippen molar-refractivity contribution in [3.05, 3.63) is 30.1 Å². The van der Waals surface area contributed by atoms with Gasteiger partial charge in [0.15, 0.2) is 0 Å². The Morgan fingerprint density at radius 2 is 2.23 bits per heavy atom. The Kier molecular flexibility index (Phi) is 4.80. The van der Waals surface area contributed by atoms with Crippen LogP contribution in [0.2, 0.25) is 0 Å². The quantitative estimate of drug-likeness (QED) is 0.771. The van der Waals surface area contributed by atoms with Crippen LogP contribution in [0.4, 0.5) is 0 Å². The molecule has 6 heteroatoms. The average Bonchev–Trinajstić information content (AvgIpc) is 3.09. The first kappa shape index (κ1) is 15.9. The number of rotatable bonds is 7. The van der Waals surface area contributed by atoms with E-state index in [9.17, 15) is 8.42 Å². The Bertz CT molecular complexity index is 591. The summed E-state index contributed by atoms with van der Waals surface area (Å²) >= 11 is 0. The van der Waals surface area contributed by atoms with Crippen LogP contribution in [0, 0.1) is 5.92 Å². The molecular formula is C16H24N2O3S. The van der Waals surface area contributed by atoms with Gasteiger partial charge in [-0.05, 0) is 31.4 Å². The van der Waals surface area contributed by atoms with Crippen LogP contribution >= 0.6 is 0 Å². The molecule has 2 fully saturated rings. The van der Waals surface area contributed by atoms with E-state index < -0.39 is 10.0 Å². The molecule has 2 heterocycles. The summed E-state index contributed by atoms with van der Waals surface area (Å²) in [4.78, 5) is 4.26.